The number of benzene rings is 2. The summed E-state index contributed by atoms with van der Waals surface area (Å²) in [4.78, 5) is 25.6. The number of likely N-dealkylation sites (tertiary alicyclic amines) is 1. The number of carbonyl (C=O) groups excluding carboxylic acids is 2. The maximum absolute atomic E-state index is 12.2. The number of hydrogen-bond acceptors (Lipinski definition) is 4. The van der Waals surface area contributed by atoms with Crippen molar-refractivity contribution in [3.8, 4) is 11.8 Å². The first kappa shape index (κ1) is 18.5. The smallest absolute Gasteiger partial charge is 0.243 e. The van der Waals surface area contributed by atoms with Crippen LogP contribution in [0.3, 0.4) is 0 Å². The summed E-state index contributed by atoms with van der Waals surface area (Å²) < 4.78 is 5.76. The van der Waals surface area contributed by atoms with Crippen LogP contribution >= 0.6 is 0 Å². The number of rotatable bonds is 6. The molecule has 1 saturated heterocycles. The second-order valence-electron chi connectivity index (χ2n) is 6.45. The maximum Gasteiger partial charge on any atom is 0.243 e. The van der Waals surface area contributed by atoms with Gasteiger partial charge in [-0.05, 0) is 42.7 Å². The van der Waals surface area contributed by atoms with Crippen molar-refractivity contribution in [3.05, 3.63) is 59.7 Å². The second kappa shape index (κ2) is 8.86. The molecular weight excluding hydrogens is 342 g/mol. The lowest BCUT2D eigenvalue weighted by Crippen LogP contribution is -2.40. The Balaban J connectivity index is 1.55. The van der Waals surface area contributed by atoms with Crippen LogP contribution in [0.15, 0.2) is 48.5 Å². The third-order valence-corrected chi connectivity index (χ3v) is 4.34. The molecule has 0 saturated carbocycles. The molecule has 2 amide bonds. The van der Waals surface area contributed by atoms with Gasteiger partial charge in [-0.2, -0.15) is 5.26 Å². The van der Waals surface area contributed by atoms with Gasteiger partial charge in [-0.3, -0.25) is 9.59 Å². The fourth-order valence-electron chi connectivity index (χ4n) is 2.96. The van der Waals surface area contributed by atoms with E-state index in [-0.39, 0.29) is 18.4 Å². The van der Waals surface area contributed by atoms with Crippen LogP contribution in [-0.2, 0) is 16.2 Å². The second-order valence-corrected chi connectivity index (χ2v) is 6.45. The van der Waals surface area contributed by atoms with E-state index in [0.29, 0.717) is 36.6 Å². The van der Waals surface area contributed by atoms with Crippen LogP contribution in [0.25, 0.3) is 0 Å². The molecule has 138 valence electrons. The molecule has 6 heteroatoms. The molecule has 3 rings (SSSR count). The number of hydrogen-bond donors (Lipinski definition) is 1. The minimum Gasteiger partial charge on any atom is -0.489 e. The summed E-state index contributed by atoms with van der Waals surface area (Å²) in [6.07, 6.45) is 2.35. The molecule has 0 atom stereocenters. The highest BCUT2D eigenvalue weighted by Crippen LogP contribution is 2.19. The number of piperidine rings is 1. The molecule has 1 fully saturated rings. The summed E-state index contributed by atoms with van der Waals surface area (Å²) in [6.45, 7) is 1.04. The summed E-state index contributed by atoms with van der Waals surface area (Å²) in [5, 5.41) is 11.8. The van der Waals surface area contributed by atoms with Crippen LogP contribution in [0.2, 0.25) is 0 Å². The van der Waals surface area contributed by atoms with Gasteiger partial charge in [-0.25, -0.2) is 0 Å². The first-order chi connectivity index (χ1) is 13.1. The topological polar surface area (TPSA) is 82.4 Å². The summed E-state index contributed by atoms with van der Waals surface area (Å²) in [5.74, 6) is 0.432. The van der Waals surface area contributed by atoms with Crippen molar-refractivity contribution in [2.75, 3.05) is 18.4 Å². The molecule has 1 N–H and O–H groups in total. The van der Waals surface area contributed by atoms with Gasteiger partial charge in [-0.1, -0.05) is 18.2 Å². The van der Waals surface area contributed by atoms with Gasteiger partial charge in [0.1, 0.15) is 12.4 Å². The Morgan fingerprint density at radius 1 is 1.19 bits per heavy atom. The molecule has 6 nitrogen and oxygen atoms in total. The van der Waals surface area contributed by atoms with Crippen molar-refractivity contribution >= 4 is 17.5 Å². The van der Waals surface area contributed by atoms with Gasteiger partial charge in [0.05, 0.1) is 18.2 Å². The van der Waals surface area contributed by atoms with E-state index < -0.39 is 0 Å². The molecule has 2 aromatic rings. The lowest BCUT2D eigenvalue weighted by atomic mass is 10.1. The molecule has 0 aromatic heterocycles. The van der Waals surface area contributed by atoms with E-state index in [1.807, 2.05) is 12.1 Å². The van der Waals surface area contributed by atoms with Gasteiger partial charge < -0.3 is 15.0 Å². The Morgan fingerprint density at radius 3 is 2.85 bits per heavy atom. The summed E-state index contributed by atoms with van der Waals surface area (Å²) >= 11 is 0. The SMILES string of the molecule is N#Cc1cccc(COc2cccc(NC(=O)CN3CCCCC3=O)c2)c1. The minimum atomic E-state index is -0.218. The van der Waals surface area contributed by atoms with E-state index in [9.17, 15) is 9.59 Å². The number of nitrogens with zero attached hydrogens (tertiary/aromatic N) is 2. The van der Waals surface area contributed by atoms with Crippen molar-refractivity contribution < 1.29 is 14.3 Å². The molecule has 27 heavy (non-hydrogen) atoms. The fraction of sp³-hybridized carbons (Fsp3) is 0.286. The van der Waals surface area contributed by atoms with Gasteiger partial charge in [-0.15, -0.1) is 0 Å². The van der Waals surface area contributed by atoms with Crippen LogP contribution in [0, 0.1) is 11.3 Å². The molecule has 0 spiro atoms. The molecular formula is C21H21N3O3. The minimum absolute atomic E-state index is 0.0353. The van der Waals surface area contributed by atoms with Crippen molar-refractivity contribution in [3.63, 3.8) is 0 Å². The Bertz CT molecular complexity index is 873. The van der Waals surface area contributed by atoms with E-state index in [4.69, 9.17) is 10.00 Å². The van der Waals surface area contributed by atoms with Crippen LogP contribution in [0.4, 0.5) is 5.69 Å². The van der Waals surface area contributed by atoms with Gasteiger partial charge in [0.15, 0.2) is 0 Å². The molecule has 0 bridgehead atoms. The first-order valence-corrected chi connectivity index (χ1v) is 8.93. The lowest BCUT2D eigenvalue weighted by Gasteiger charge is -2.26. The molecule has 1 aliphatic rings. The summed E-state index contributed by atoms with van der Waals surface area (Å²) in [7, 11) is 0. The van der Waals surface area contributed by atoms with Crippen LogP contribution < -0.4 is 10.1 Å². The monoisotopic (exact) mass is 363 g/mol. The Morgan fingerprint density at radius 2 is 2.04 bits per heavy atom. The van der Waals surface area contributed by atoms with Gasteiger partial charge >= 0.3 is 0 Å². The van der Waals surface area contributed by atoms with E-state index in [0.717, 1.165) is 18.4 Å². The molecule has 0 aliphatic carbocycles. The lowest BCUT2D eigenvalue weighted by molar-refractivity contribution is -0.136. The molecule has 1 heterocycles. The van der Waals surface area contributed by atoms with Gasteiger partial charge in [0.2, 0.25) is 11.8 Å². The zero-order chi connectivity index (χ0) is 19.1. The Kier molecular flexibility index (Phi) is 6.06. The number of nitriles is 1. The van der Waals surface area contributed by atoms with Crippen molar-refractivity contribution in [1.82, 2.24) is 4.90 Å². The predicted octanol–water partition coefficient (Wildman–Crippen LogP) is 3.09. The quantitative estimate of drug-likeness (QED) is 0.855. The van der Waals surface area contributed by atoms with Gasteiger partial charge in [0.25, 0.3) is 0 Å². The average Bonchev–Trinajstić information content (AvgIpc) is 2.68. The number of amides is 2. The van der Waals surface area contributed by atoms with Crippen LogP contribution in [-0.4, -0.2) is 29.8 Å². The zero-order valence-corrected chi connectivity index (χ0v) is 15.0. The summed E-state index contributed by atoms with van der Waals surface area (Å²) in [6, 6.07) is 16.4. The largest absolute Gasteiger partial charge is 0.489 e. The van der Waals surface area contributed by atoms with Crippen molar-refractivity contribution in [1.29, 1.82) is 5.26 Å². The third kappa shape index (κ3) is 5.32. The maximum atomic E-state index is 12.2. The highest BCUT2D eigenvalue weighted by Gasteiger charge is 2.20. The molecule has 1 aliphatic heterocycles. The predicted molar refractivity (Wildman–Crippen MR) is 101 cm³/mol. The zero-order valence-electron chi connectivity index (χ0n) is 15.0. The normalized spacial score (nSPS) is 13.7. The van der Waals surface area contributed by atoms with E-state index in [2.05, 4.69) is 11.4 Å². The number of nitrogens with one attached hydrogen (secondary N) is 1. The Labute approximate surface area is 158 Å². The average molecular weight is 363 g/mol. The van der Waals surface area contributed by atoms with Gasteiger partial charge in [0, 0.05) is 24.7 Å². The highest BCUT2D eigenvalue weighted by molar-refractivity contribution is 5.94. The highest BCUT2D eigenvalue weighted by atomic mass is 16.5. The van der Waals surface area contributed by atoms with Crippen LogP contribution in [0.1, 0.15) is 30.4 Å². The third-order valence-electron chi connectivity index (χ3n) is 4.34. The molecule has 0 unspecified atom stereocenters. The number of ether oxygens (including phenoxy) is 1. The van der Waals surface area contributed by atoms with Crippen molar-refractivity contribution in [2.45, 2.75) is 25.9 Å². The number of anilines is 1. The van der Waals surface area contributed by atoms with E-state index in [1.54, 1.807) is 41.3 Å². The van der Waals surface area contributed by atoms with E-state index >= 15 is 0 Å². The fourth-order valence-corrected chi connectivity index (χ4v) is 2.96. The van der Waals surface area contributed by atoms with Crippen LogP contribution in [0.5, 0.6) is 5.75 Å². The van der Waals surface area contributed by atoms with E-state index in [1.165, 1.54) is 0 Å². The standard InChI is InChI=1S/C21H21N3O3/c22-13-16-5-3-6-17(11-16)15-27-19-8-4-7-18(12-19)23-20(25)14-24-10-2-1-9-21(24)26/h3-8,11-12H,1-2,9-10,14-15H2,(H,23,25). The molecule has 0 radical (unpaired) electrons. The molecule has 2 aromatic carbocycles. The summed E-state index contributed by atoms with van der Waals surface area (Å²) in [5.41, 5.74) is 2.10. The Hall–Kier alpha value is -3.33. The number of carbonyl (C=O) groups is 2. The first-order valence-electron chi connectivity index (χ1n) is 8.93. The van der Waals surface area contributed by atoms with Crippen molar-refractivity contribution in [2.24, 2.45) is 0 Å².